The summed E-state index contributed by atoms with van der Waals surface area (Å²) in [6, 6.07) is 13.0. The molecule has 0 spiro atoms. The molecule has 1 fully saturated rings. The van der Waals surface area contributed by atoms with Crippen LogP contribution >= 0.6 is 0 Å². The van der Waals surface area contributed by atoms with Crippen molar-refractivity contribution in [1.82, 2.24) is 14.4 Å². The second-order valence-electron chi connectivity index (χ2n) is 8.03. The fourth-order valence-corrected chi connectivity index (χ4v) is 3.91. The van der Waals surface area contributed by atoms with Crippen LogP contribution in [0.25, 0.3) is 0 Å². The van der Waals surface area contributed by atoms with Crippen molar-refractivity contribution < 1.29 is 23.1 Å². The van der Waals surface area contributed by atoms with Gasteiger partial charge in [-0.05, 0) is 55.0 Å². The van der Waals surface area contributed by atoms with Gasteiger partial charge in [-0.15, -0.1) is 0 Å². The molecule has 3 aromatic rings. The van der Waals surface area contributed by atoms with Gasteiger partial charge in [-0.25, -0.2) is 4.39 Å². The van der Waals surface area contributed by atoms with Crippen LogP contribution < -0.4 is 0 Å². The molecule has 33 heavy (non-hydrogen) atoms. The van der Waals surface area contributed by atoms with E-state index in [1.54, 1.807) is 15.9 Å². The maximum absolute atomic E-state index is 13.3. The van der Waals surface area contributed by atoms with E-state index < -0.39 is 0 Å². The number of nitrogens with zero attached hydrogens (tertiary/aromatic N) is 3. The summed E-state index contributed by atoms with van der Waals surface area (Å²) in [6.45, 7) is 5.66. The van der Waals surface area contributed by atoms with Crippen molar-refractivity contribution in [3.8, 4) is 0 Å². The van der Waals surface area contributed by atoms with Gasteiger partial charge in [-0.3, -0.25) is 9.59 Å². The molecule has 4 rings (SSSR count). The molecule has 1 aromatic carbocycles. The Morgan fingerprint density at radius 3 is 2.55 bits per heavy atom. The molecule has 0 aliphatic carbocycles. The van der Waals surface area contributed by atoms with Gasteiger partial charge in [0.1, 0.15) is 11.6 Å². The number of carbonyl (C=O) groups excluding carboxylic acids is 2. The van der Waals surface area contributed by atoms with E-state index in [-0.39, 0.29) is 17.6 Å². The molecule has 8 heteroatoms. The second-order valence-corrected chi connectivity index (χ2v) is 8.03. The van der Waals surface area contributed by atoms with Gasteiger partial charge in [0.15, 0.2) is 5.76 Å². The van der Waals surface area contributed by atoms with Gasteiger partial charge in [0.2, 0.25) is 0 Å². The zero-order valence-corrected chi connectivity index (χ0v) is 18.7. The normalized spacial score (nSPS) is 13.8. The number of carbonyl (C=O) groups is 2. The van der Waals surface area contributed by atoms with Crippen LogP contribution in [0.1, 0.15) is 45.7 Å². The van der Waals surface area contributed by atoms with E-state index in [1.165, 1.54) is 24.3 Å². The number of hydrogen-bond acceptors (Lipinski definition) is 4. The Morgan fingerprint density at radius 2 is 1.82 bits per heavy atom. The minimum absolute atomic E-state index is 0.128. The second kappa shape index (κ2) is 10.5. The number of amides is 2. The Balaban J connectivity index is 1.45. The van der Waals surface area contributed by atoms with Crippen molar-refractivity contribution in [2.24, 2.45) is 0 Å². The molecule has 174 valence electrons. The predicted octanol–water partition coefficient (Wildman–Crippen LogP) is 3.79. The van der Waals surface area contributed by atoms with Crippen LogP contribution in [0.5, 0.6) is 0 Å². The van der Waals surface area contributed by atoms with Crippen molar-refractivity contribution >= 4 is 11.8 Å². The molecule has 3 heterocycles. The number of hydrogen-bond donors (Lipinski definition) is 0. The van der Waals surface area contributed by atoms with E-state index in [4.69, 9.17) is 9.15 Å². The molecule has 1 aliphatic heterocycles. The molecule has 2 amide bonds. The highest BCUT2D eigenvalue weighted by Crippen LogP contribution is 2.17. The molecule has 0 saturated carbocycles. The van der Waals surface area contributed by atoms with Gasteiger partial charge >= 0.3 is 0 Å². The molecule has 2 aromatic heterocycles. The highest BCUT2D eigenvalue weighted by Gasteiger charge is 2.22. The highest BCUT2D eigenvalue weighted by molar-refractivity contribution is 5.94. The first-order chi connectivity index (χ1) is 16.0. The molecule has 0 bridgehead atoms. The lowest BCUT2D eigenvalue weighted by Gasteiger charge is -2.25. The summed E-state index contributed by atoms with van der Waals surface area (Å²) in [4.78, 5) is 29.1. The lowest BCUT2D eigenvalue weighted by Crippen LogP contribution is -2.40. The molecular formula is C25H28FN3O4. The number of aromatic nitrogens is 1. The number of rotatable bonds is 8. The first-order valence-electron chi connectivity index (χ1n) is 11.2. The molecule has 0 unspecified atom stereocenters. The van der Waals surface area contributed by atoms with E-state index in [9.17, 15) is 14.0 Å². The largest absolute Gasteiger partial charge is 0.454 e. The summed E-state index contributed by atoms with van der Waals surface area (Å²) in [5, 5.41) is 0. The van der Waals surface area contributed by atoms with Crippen LogP contribution in [0.2, 0.25) is 0 Å². The van der Waals surface area contributed by atoms with Crippen LogP contribution in [0.15, 0.2) is 59.1 Å². The molecule has 0 radical (unpaired) electrons. The van der Waals surface area contributed by atoms with Crippen molar-refractivity contribution in [2.75, 3.05) is 32.8 Å². The molecular weight excluding hydrogens is 425 g/mol. The summed E-state index contributed by atoms with van der Waals surface area (Å²) in [5.74, 6) is 0.348. The van der Waals surface area contributed by atoms with Crippen LogP contribution in [-0.4, -0.2) is 59.0 Å². The Labute approximate surface area is 192 Å². The van der Waals surface area contributed by atoms with E-state index >= 15 is 0 Å². The number of benzene rings is 1. The average Bonchev–Trinajstić information content (AvgIpc) is 3.49. The molecule has 1 aliphatic rings. The quantitative estimate of drug-likeness (QED) is 0.521. The Bertz CT molecular complexity index is 1080. The Morgan fingerprint density at radius 1 is 1.06 bits per heavy atom. The molecule has 0 N–H and O–H groups in total. The monoisotopic (exact) mass is 453 g/mol. The van der Waals surface area contributed by atoms with Crippen molar-refractivity contribution in [3.05, 3.63) is 83.3 Å². The van der Waals surface area contributed by atoms with E-state index in [0.717, 1.165) is 12.1 Å². The molecule has 1 saturated heterocycles. The zero-order chi connectivity index (χ0) is 23.2. The topological polar surface area (TPSA) is 67.9 Å². The molecule has 7 nitrogen and oxygen atoms in total. The Kier molecular flexibility index (Phi) is 7.24. The minimum atomic E-state index is -0.368. The summed E-state index contributed by atoms with van der Waals surface area (Å²) in [7, 11) is 0. The lowest BCUT2D eigenvalue weighted by molar-refractivity contribution is 0.0281. The van der Waals surface area contributed by atoms with E-state index in [1.807, 2.05) is 35.9 Å². The van der Waals surface area contributed by atoms with Crippen LogP contribution in [0, 0.1) is 5.82 Å². The molecule has 0 atom stereocenters. The predicted molar refractivity (Wildman–Crippen MR) is 120 cm³/mol. The third-order valence-electron chi connectivity index (χ3n) is 5.65. The van der Waals surface area contributed by atoms with Gasteiger partial charge in [-0.1, -0.05) is 6.92 Å². The smallest absolute Gasteiger partial charge is 0.289 e. The number of ether oxygens (including phenoxy) is 1. The van der Waals surface area contributed by atoms with Gasteiger partial charge in [0.25, 0.3) is 11.8 Å². The summed E-state index contributed by atoms with van der Waals surface area (Å²) < 4.78 is 26.4. The van der Waals surface area contributed by atoms with Crippen molar-refractivity contribution in [2.45, 2.75) is 26.4 Å². The standard InChI is InChI=1S/C25H28FN3O4/c1-2-11-29(24(30)19-5-7-20(26)8-6-19)17-21-4-3-12-28(21)18-22-9-10-23(33-22)25(31)27-13-15-32-16-14-27/h3-10,12H,2,11,13-18H2,1H3. The van der Waals surface area contributed by atoms with Crippen molar-refractivity contribution in [1.29, 1.82) is 0 Å². The van der Waals surface area contributed by atoms with Gasteiger partial charge in [-0.2, -0.15) is 0 Å². The van der Waals surface area contributed by atoms with Gasteiger partial charge < -0.3 is 23.5 Å². The van der Waals surface area contributed by atoms with Gasteiger partial charge in [0.05, 0.1) is 26.3 Å². The lowest BCUT2D eigenvalue weighted by atomic mass is 10.2. The maximum atomic E-state index is 13.3. The highest BCUT2D eigenvalue weighted by atomic mass is 19.1. The van der Waals surface area contributed by atoms with Crippen LogP contribution in [0.4, 0.5) is 4.39 Å². The third kappa shape index (κ3) is 5.51. The minimum Gasteiger partial charge on any atom is -0.454 e. The fraction of sp³-hybridized carbons (Fsp3) is 0.360. The first kappa shape index (κ1) is 22.8. The van der Waals surface area contributed by atoms with E-state index in [0.29, 0.717) is 63.0 Å². The third-order valence-corrected chi connectivity index (χ3v) is 5.65. The van der Waals surface area contributed by atoms with E-state index in [2.05, 4.69) is 0 Å². The van der Waals surface area contributed by atoms with Crippen LogP contribution in [0.3, 0.4) is 0 Å². The van der Waals surface area contributed by atoms with Crippen molar-refractivity contribution in [3.63, 3.8) is 0 Å². The number of morpholine rings is 1. The number of halogens is 1. The maximum Gasteiger partial charge on any atom is 0.289 e. The SMILES string of the molecule is CCCN(Cc1cccn1Cc1ccc(C(=O)N2CCOCC2)o1)C(=O)c1ccc(F)cc1. The fourth-order valence-electron chi connectivity index (χ4n) is 3.91. The summed E-state index contributed by atoms with van der Waals surface area (Å²) in [5.41, 5.74) is 1.40. The summed E-state index contributed by atoms with van der Waals surface area (Å²) in [6.07, 6.45) is 2.73. The Hall–Kier alpha value is -3.39. The summed E-state index contributed by atoms with van der Waals surface area (Å²) >= 11 is 0. The first-order valence-corrected chi connectivity index (χ1v) is 11.2. The average molecular weight is 454 g/mol. The zero-order valence-electron chi connectivity index (χ0n) is 18.7. The van der Waals surface area contributed by atoms with Gasteiger partial charge in [0, 0.05) is 37.1 Å². The number of furan rings is 1. The van der Waals surface area contributed by atoms with Crippen LogP contribution in [-0.2, 0) is 17.8 Å².